The average Bonchev–Trinajstić information content (AvgIpc) is 1.80. The molecule has 145 heavy (non-hydrogen) atoms. The van der Waals surface area contributed by atoms with Crippen molar-refractivity contribution in [2.75, 3.05) is 32.9 Å². The van der Waals surface area contributed by atoms with E-state index in [-0.39, 0.29) is 61.8 Å². The van der Waals surface area contributed by atoms with Gasteiger partial charge in [-0.05, 0) is 124 Å². The molecule has 0 saturated carbocycles. The van der Waals surface area contributed by atoms with Gasteiger partial charge in [0.2, 0.25) is 124 Å². The van der Waals surface area contributed by atoms with E-state index in [1.807, 2.05) is 5.32 Å². The van der Waals surface area contributed by atoms with Gasteiger partial charge in [0.15, 0.2) is 0 Å². The largest absolute Gasteiger partial charge is 0.508 e. The van der Waals surface area contributed by atoms with E-state index >= 15 is 0 Å². The Hall–Kier alpha value is -13.4. The third kappa shape index (κ3) is 43.6. The number of amides is 21. The van der Waals surface area contributed by atoms with Crippen LogP contribution in [-0.4, -0.2) is 342 Å². The zero-order chi connectivity index (χ0) is 111. The normalized spacial score (nSPS) is 16.6. The van der Waals surface area contributed by atoms with E-state index < -0.39 is 357 Å². The van der Waals surface area contributed by atoms with Crippen molar-refractivity contribution in [1.82, 2.24) is 101 Å². The first-order chi connectivity index (χ1) is 67.4. The fourth-order valence-electron chi connectivity index (χ4n) is 14.8. The lowest BCUT2D eigenvalue weighted by Gasteiger charge is -2.31. The second kappa shape index (κ2) is 61.7. The number of benzene rings is 1. The highest BCUT2D eigenvalue weighted by Gasteiger charge is 2.45. The summed E-state index contributed by atoms with van der Waals surface area (Å²) >= 11 is 0. The molecule has 1 aromatic carbocycles. The number of aliphatic carboxylic acids is 2. The molecule has 0 aromatic heterocycles. The minimum absolute atomic E-state index is 0.000540. The van der Waals surface area contributed by atoms with Crippen molar-refractivity contribution in [3.8, 4) is 5.75 Å². The number of nitrogens with zero attached hydrogens (tertiary/aromatic N) is 1. The van der Waals surface area contributed by atoms with Crippen molar-refractivity contribution in [1.29, 1.82) is 0 Å². The number of primary amides is 2. The Bertz CT molecular complexity index is 4650. The van der Waals surface area contributed by atoms with Crippen LogP contribution in [0.1, 0.15) is 195 Å². The highest BCUT2D eigenvalue weighted by atomic mass is 16.4. The molecule has 32 N–H and O–H groups in total. The first-order valence-electron chi connectivity index (χ1n) is 47.9. The van der Waals surface area contributed by atoms with E-state index in [9.17, 15) is 151 Å². The number of aromatic hydroxyl groups is 1. The van der Waals surface area contributed by atoms with Gasteiger partial charge >= 0.3 is 11.9 Å². The molecule has 0 aliphatic carbocycles. The Morgan fingerprint density at radius 2 is 0.676 bits per heavy atom. The molecule has 1 saturated heterocycles. The van der Waals surface area contributed by atoms with Crippen molar-refractivity contribution in [2.24, 2.45) is 64.5 Å². The lowest BCUT2D eigenvalue weighted by atomic mass is 9.97. The maximum Gasteiger partial charge on any atom is 0.328 e. The van der Waals surface area contributed by atoms with Gasteiger partial charge in [-0.25, -0.2) is 4.79 Å². The zero-order valence-electron chi connectivity index (χ0n) is 85.3. The number of phenolic OH excluding ortho intramolecular Hbond substituents is 1. The molecule has 2 rings (SSSR count). The predicted molar refractivity (Wildman–Crippen MR) is 515 cm³/mol. The third-order valence-corrected chi connectivity index (χ3v) is 22.9. The molecule has 816 valence electrons. The minimum atomic E-state index is -1.99. The average molecular weight is 2060 g/mol. The number of nitrogens with one attached hydrogen (secondary N) is 18. The predicted octanol–water partition coefficient (Wildman–Crippen LogP) is -9.51. The molecule has 1 aliphatic rings. The summed E-state index contributed by atoms with van der Waals surface area (Å²) in [6.45, 7) is 24.5. The maximum atomic E-state index is 14.8. The van der Waals surface area contributed by atoms with Gasteiger partial charge in [-0.2, -0.15) is 0 Å². The van der Waals surface area contributed by atoms with Crippen molar-refractivity contribution >= 4 is 136 Å². The number of aliphatic hydroxyl groups excluding tert-OH is 5. The van der Waals surface area contributed by atoms with Gasteiger partial charge in [0, 0.05) is 19.4 Å². The van der Waals surface area contributed by atoms with Crippen LogP contribution < -0.4 is 113 Å². The molecular weight excluding hydrogens is 1910 g/mol. The molecule has 0 bridgehead atoms. The molecule has 53 heteroatoms. The summed E-state index contributed by atoms with van der Waals surface area (Å²) in [5.74, 6) is -30.3. The van der Waals surface area contributed by atoms with Crippen molar-refractivity contribution < 1.29 is 151 Å². The number of rotatable bonds is 63. The van der Waals surface area contributed by atoms with Crippen LogP contribution in [-0.2, 0) is 117 Å². The summed E-state index contributed by atoms with van der Waals surface area (Å²) in [4.78, 5) is 315. The van der Waals surface area contributed by atoms with E-state index in [4.69, 9.17) is 17.2 Å². The van der Waals surface area contributed by atoms with Crippen molar-refractivity contribution in [3.63, 3.8) is 0 Å². The van der Waals surface area contributed by atoms with Gasteiger partial charge in [-0.1, -0.05) is 123 Å². The number of aliphatic hydroxyl groups is 5. The monoisotopic (exact) mass is 2060 g/mol. The van der Waals surface area contributed by atoms with Crippen molar-refractivity contribution in [3.05, 3.63) is 29.8 Å². The van der Waals surface area contributed by atoms with Crippen LogP contribution in [0.5, 0.6) is 5.75 Å². The molecule has 0 spiro atoms. The standard InChI is InChI=1S/C92H152N22O31/c1-39(2)29-54(99-78(130)57(34-64(95)122)102-90(142)73(49(19)119)113-79(131)55(30-40(3)4)101-84(136)68(43(9)10)111-87(139)70(45(13)14)108-74(126)47(17)97-75(127)52(93)33-63(94)121)77(129)103-58(31-41(5)6)91(143)114-28-20-21-62(114)83(135)96-35-65(123)107-72(48(18)118)89(141)98-53(26-27-66(124)125)76(128)100-56(32-50-22-24-51(120)25-23-50)80(132)109-71(46(15)16)88(140)112-69(44(11)12)86(138)105-60(37-116)82(134)110-67(42(7)8)85(137)104-59(36-115)81(133)106-61(38-117)92(144)145/h22-25,39-49,52-62,67-73,115-120H,20-21,26-38,93H2,1-19H3,(H2,94,121)(H2,95,122)(H,96,135)(H,97,127)(H,98,141)(H,99,130)(H,100,128)(H,101,136)(H,102,142)(H,103,129)(H,104,137)(H,105,138)(H,106,133)(H,107,123)(H,108,126)(H,109,132)(H,110,134)(H,111,139)(H,112,140)(H,113,131)(H,124,125)(H,144,145)/t47-,48+,49+,52-,53-,54-,55-,56-,57-,58-,59-,60-,61-,62-,67-,68-,69-,70-,71-,72-,73-/m0/s1. The highest BCUT2D eigenvalue weighted by molar-refractivity contribution is 6.03. The summed E-state index contributed by atoms with van der Waals surface area (Å²) < 4.78 is 0. The number of nitrogens with two attached hydrogens (primary N) is 3. The van der Waals surface area contributed by atoms with E-state index in [0.717, 1.165) is 18.7 Å². The number of carbonyl (C=O) groups is 23. The smallest absolute Gasteiger partial charge is 0.328 e. The van der Waals surface area contributed by atoms with Crippen LogP contribution in [0, 0.1) is 47.3 Å². The van der Waals surface area contributed by atoms with Gasteiger partial charge in [0.1, 0.15) is 115 Å². The Balaban J connectivity index is 2.42. The Morgan fingerprint density at radius 3 is 1.08 bits per heavy atom. The topological polar surface area (TPSA) is 852 Å². The van der Waals surface area contributed by atoms with Crippen LogP contribution in [0.4, 0.5) is 0 Å². The highest BCUT2D eigenvalue weighted by Crippen LogP contribution is 2.23. The number of carboxylic acids is 2. The summed E-state index contributed by atoms with van der Waals surface area (Å²) in [6.07, 6.45) is -7.16. The summed E-state index contributed by atoms with van der Waals surface area (Å²) in [5.41, 5.74) is 16.7. The van der Waals surface area contributed by atoms with Crippen LogP contribution in [0.3, 0.4) is 0 Å². The lowest BCUT2D eigenvalue weighted by molar-refractivity contribution is -0.144. The number of carbonyl (C=O) groups excluding carboxylic acids is 21. The number of phenols is 1. The molecule has 0 unspecified atom stereocenters. The SMILES string of the molecule is CC(C)C[C@H](NC(=O)[C@H](CC(N)=O)NC(=O)[C@@H](NC(=O)[C@H](CC(C)C)NC(=O)[C@@H](NC(=O)[C@@H](NC(=O)[C@H](C)NC(=O)[C@@H](N)CC(N)=O)C(C)C)C(C)C)[C@@H](C)O)C(=O)N[C@@H](CC(C)C)C(=O)N1CCC[C@H]1C(=O)NCC(=O)N[C@H](C(=O)N[C@@H](CCC(=O)O)C(=O)N[C@@H](Cc1ccc(O)cc1)C(=O)N[C@H](C(=O)N[C@H](C(=O)N[C@@H](CO)C(=O)N[C@H](C(=O)N[C@@H](CO)C(=O)N[C@@H](CO)C(=O)O)C(C)C)C(C)C)C(C)C)[C@@H](C)O. The molecule has 1 aromatic rings. The van der Waals surface area contributed by atoms with Crippen LogP contribution in [0.2, 0.25) is 0 Å². The fraction of sp³-hybridized carbons (Fsp3) is 0.685. The van der Waals surface area contributed by atoms with Gasteiger partial charge in [-0.15, -0.1) is 0 Å². The number of hydrogen-bond donors (Lipinski definition) is 29. The van der Waals surface area contributed by atoms with Gasteiger partial charge in [-0.3, -0.25) is 105 Å². The zero-order valence-corrected chi connectivity index (χ0v) is 85.3. The summed E-state index contributed by atoms with van der Waals surface area (Å²) in [6, 6.07) is -25.6. The van der Waals surface area contributed by atoms with Gasteiger partial charge < -0.3 is 159 Å². The first-order valence-corrected chi connectivity index (χ1v) is 47.9. The summed E-state index contributed by atoms with van der Waals surface area (Å²) in [7, 11) is 0. The summed E-state index contributed by atoms with van der Waals surface area (Å²) in [5, 5.41) is 124. The molecule has 1 fully saturated rings. The molecule has 21 atom stereocenters. The van der Waals surface area contributed by atoms with Crippen molar-refractivity contribution in [2.45, 2.75) is 323 Å². The van der Waals surface area contributed by atoms with E-state index in [0.29, 0.717) is 0 Å². The minimum Gasteiger partial charge on any atom is -0.508 e. The van der Waals surface area contributed by atoms with Crippen LogP contribution in [0.15, 0.2) is 24.3 Å². The molecule has 1 aliphatic heterocycles. The van der Waals surface area contributed by atoms with E-state index in [2.05, 4.69) is 90.4 Å². The fourth-order valence-corrected chi connectivity index (χ4v) is 14.8. The molecule has 53 nitrogen and oxygen atoms in total. The number of carboxylic acid groups (broad SMARTS) is 2. The Labute approximate surface area is 840 Å². The second-order valence-corrected chi connectivity index (χ2v) is 38.9. The van der Waals surface area contributed by atoms with Crippen LogP contribution in [0.25, 0.3) is 0 Å². The number of hydrogen-bond acceptors (Lipinski definition) is 30. The molecule has 0 radical (unpaired) electrons. The Morgan fingerprint density at radius 1 is 0.359 bits per heavy atom. The molecular formula is C92H152N22O31. The first kappa shape index (κ1) is 128. The number of likely N-dealkylation sites (tertiary alicyclic amines) is 1. The third-order valence-electron chi connectivity index (χ3n) is 22.9. The Kier molecular flexibility index (Phi) is 54.3. The molecule has 1 heterocycles. The second-order valence-electron chi connectivity index (χ2n) is 38.9. The van der Waals surface area contributed by atoms with Gasteiger partial charge in [0.05, 0.1) is 57.5 Å². The van der Waals surface area contributed by atoms with E-state index in [1.165, 1.54) is 72.7 Å². The molecule has 21 amide bonds. The van der Waals surface area contributed by atoms with Crippen LogP contribution >= 0.6 is 0 Å². The van der Waals surface area contributed by atoms with E-state index in [1.54, 1.807) is 69.2 Å². The van der Waals surface area contributed by atoms with Gasteiger partial charge in [0.25, 0.3) is 0 Å². The quantitative estimate of drug-likeness (QED) is 0.0288. The lowest BCUT2D eigenvalue weighted by Crippen LogP contribution is -2.63. The maximum absolute atomic E-state index is 14.8.